The van der Waals surface area contributed by atoms with E-state index in [0.717, 1.165) is 16.8 Å². The van der Waals surface area contributed by atoms with Crippen LogP contribution in [0.4, 0.5) is 0 Å². The SMILES string of the molecule is ClCC1(NCCOc2ccc(Br)cc2)CCCCC1. The summed E-state index contributed by atoms with van der Waals surface area (Å²) in [5.74, 6) is 1.61. The number of hydrogen-bond acceptors (Lipinski definition) is 2. The fourth-order valence-corrected chi connectivity index (χ4v) is 3.23. The Morgan fingerprint density at radius 1 is 1.16 bits per heavy atom. The predicted molar refractivity (Wildman–Crippen MR) is 84.2 cm³/mol. The van der Waals surface area contributed by atoms with Crippen molar-refractivity contribution in [1.82, 2.24) is 5.32 Å². The number of nitrogens with one attached hydrogen (secondary N) is 1. The molecule has 0 aliphatic heterocycles. The topological polar surface area (TPSA) is 21.3 Å². The van der Waals surface area contributed by atoms with E-state index in [1.54, 1.807) is 0 Å². The fourth-order valence-electron chi connectivity index (χ4n) is 2.60. The summed E-state index contributed by atoms with van der Waals surface area (Å²) >= 11 is 9.56. The van der Waals surface area contributed by atoms with E-state index in [9.17, 15) is 0 Å². The van der Waals surface area contributed by atoms with Gasteiger partial charge in [0.1, 0.15) is 12.4 Å². The van der Waals surface area contributed by atoms with Crippen LogP contribution in [0.2, 0.25) is 0 Å². The van der Waals surface area contributed by atoms with Crippen molar-refractivity contribution in [3.05, 3.63) is 28.7 Å². The lowest BCUT2D eigenvalue weighted by molar-refractivity contribution is 0.230. The molecule has 0 aromatic heterocycles. The Morgan fingerprint density at radius 3 is 2.47 bits per heavy atom. The third-order valence-electron chi connectivity index (χ3n) is 3.75. The van der Waals surface area contributed by atoms with Gasteiger partial charge in [0.15, 0.2) is 0 Å². The summed E-state index contributed by atoms with van der Waals surface area (Å²) in [7, 11) is 0. The van der Waals surface area contributed by atoms with Crippen LogP contribution < -0.4 is 10.1 Å². The van der Waals surface area contributed by atoms with E-state index in [0.29, 0.717) is 12.5 Å². The molecule has 1 N–H and O–H groups in total. The molecule has 106 valence electrons. The second-order valence-electron chi connectivity index (χ2n) is 5.20. The molecule has 0 saturated heterocycles. The molecule has 2 nitrogen and oxygen atoms in total. The van der Waals surface area contributed by atoms with Gasteiger partial charge in [-0.1, -0.05) is 35.2 Å². The van der Waals surface area contributed by atoms with Gasteiger partial charge in [-0.05, 0) is 37.1 Å². The number of ether oxygens (including phenoxy) is 1. The summed E-state index contributed by atoms with van der Waals surface area (Å²) in [6.45, 7) is 1.53. The first-order valence-electron chi connectivity index (χ1n) is 6.93. The van der Waals surface area contributed by atoms with Gasteiger partial charge in [0.05, 0.1) is 0 Å². The zero-order chi connectivity index (χ0) is 13.6. The lowest BCUT2D eigenvalue weighted by atomic mass is 9.83. The molecule has 0 bridgehead atoms. The van der Waals surface area contributed by atoms with Gasteiger partial charge in [-0.3, -0.25) is 0 Å². The van der Waals surface area contributed by atoms with E-state index in [2.05, 4.69) is 21.2 Å². The molecule has 0 unspecified atom stereocenters. The van der Waals surface area contributed by atoms with Crippen LogP contribution in [-0.2, 0) is 0 Å². The quantitative estimate of drug-likeness (QED) is 0.610. The lowest BCUT2D eigenvalue weighted by Gasteiger charge is -2.36. The van der Waals surface area contributed by atoms with Crippen LogP contribution in [0, 0.1) is 0 Å². The summed E-state index contributed by atoms with van der Waals surface area (Å²) in [6, 6.07) is 7.93. The van der Waals surface area contributed by atoms with Gasteiger partial charge in [0, 0.05) is 22.4 Å². The van der Waals surface area contributed by atoms with Gasteiger partial charge < -0.3 is 10.1 Å². The van der Waals surface area contributed by atoms with Crippen molar-refractivity contribution in [3.63, 3.8) is 0 Å². The summed E-state index contributed by atoms with van der Waals surface area (Å²) in [6.07, 6.45) is 6.29. The van der Waals surface area contributed by atoms with Crippen molar-refractivity contribution in [2.45, 2.75) is 37.6 Å². The minimum atomic E-state index is 0.142. The van der Waals surface area contributed by atoms with Crippen molar-refractivity contribution in [2.75, 3.05) is 19.0 Å². The average Bonchev–Trinajstić information content (AvgIpc) is 2.46. The van der Waals surface area contributed by atoms with E-state index >= 15 is 0 Å². The molecule has 2 rings (SSSR count). The van der Waals surface area contributed by atoms with Crippen LogP contribution in [0.1, 0.15) is 32.1 Å². The molecule has 1 saturated carbocycles. The molecule has 0 atom stereocenters. The van der Waals surface area contributed by atoms with Crippen LogP contribution in [0.5, 0.6) is 5.75 Å². The molecule has 1 fully saturated rings. The molecule has 0 spiro atoms. The first kappa shape index (κ1) is 15.1. The van der Waals surface area contributed by atoms with Crippen LogP contribution in [0.3, 0.4) is 0 Å². The Kier molecular flexibility index (Phi) is 5.99. The molecule has 4 heteroatoms. The van der Waals surface area contributed by atoms with E-state index in [1.165, 1.54) is 32.1 Å². The molecule has 1 aromatic carbocycles. The molecule has 0 amide bonds. The molecule has 1 aliphatic rings. The van der Waals surface area contributed by atoms with Crippen molar-refractivity contribution in [3.8, 4) is 5.75 Å². The van der Waals surface area contributed by atoms with Gasteiger partial charge in [0.25, 0.3) is 0 Å². The minimum absolute atomic E-state index is 0.142. The van der Waals surface area contributed by atoms with Crippen LogP contribution in [0.25, 0.3) is 0 Å². The van der Waals surface area contributed by atoms with Crippen molar-refractivity contribution >= 4 is 27.5 Å². The Hall–Kier alpha value is -0.250. The van der Waals surface area contributed by atoms with Gasteiger partial charge in [-0.15, -0.1) is 11.6 Å². The first-order chi connectivity index (χ1) is 9.24. The highest BCUT2D eigenvalue weighted by atomic mass is 79.9. The van der Waals surface area contributed by atoms with E-state index < -0.39 is 0 Å². The highest BCUT2D eigenvalue weighted by molar-refractivity contribution is 9.10. The van der Waals surface area contributed by atoms with Crippen LogP contribution in [0.15, 0.2) is 28.7 Å². The number of alkyl halides is 1. The zero-order valence-electron chi connectivity index (χ0n) is 11.1. The van der Waals surface area contributed by atoms with Gasteiger partial charge in [-0.25, -0.2) is 0 Å². The molecule has 0 radical (unpaired) electrons. The molecule has 1 aromatic rings. The van der Waals surface area contributed by atoms with E-state index in [4.69, 9.17) is 16.3 Å². The highest BCUT2D eigenvalue weighted by Crippen LogP contribution is 2.29. The predicted octanol–water partition coefficient (Wildman–Crippen LogP) is 4.36. The second kappa shape index (κ2) is 7.51. The maximum Gasteiger partial charge on any atom is 0.119 e. The van der Waals surface area contributed by atoms with E-state index in [1.807, 2.05) is 24.3 Å². The molecular weight excluding hydrogens is 326 g/mol. The first-order valence-corrected chi connectivity index (χ1v) is 8.26. The summed E-state index contributed by atoms with van der Waals surface area (Å²) < 4.78 is 6.79. The number of rotatable bonds is 6. The number of benzene rings is 1. The fraction of sp³-hybridized carbons (Fsp3) is 0.600. The molecule has 0 heterocycles. The normalized spacial score (nSPS) is 18.2. The van der Waals surface area contributed by atoms with Gasteiger partial charge in [0.2, 0.25) is 0 Å². The minimum Gasteiger partial charge on any atom is -0.492 e. The van der Waals surface area contributed by atoms with Gasteiger partial charge in [-0.2, -0.15) is 0 Å². The lowest BCUT2D eigenvalue weighted by Crippen LogP contribution is -2.49. The standard InChI is InChI=1S/C15H21BrClNO/c16-13-4-6-14(7-5-13)19-11-10-18-15(12-17)8-2-1-3-9-15/h4-7,18H,1-3,8-12H2. The Balaban J connectivity index is 1.72. The smallest absolute Gasteiger partial charge is 0.119 e. The number of halogens is 2. The Morgan fingerprint density at radius 2 is 1.84 bits per heavy atom. The molecular formula is C15H21BrClNO. The largest absolute Gasteiger partial charge is 0.492 e. The third kappa shape index (κ3) is 4.66. The maximum atomic E-state index is 6.14. The van der Waals surface area contributed by atoms with E-state index in [-0.39, 0.29) is 5.54 Å². The Labute approximate surface area is 129 Å². The summed E-state index contributed by atoms with van der Waals surface area (Å²) in [4.78, 5) is 0. The zero-order valence-corrected chi connectivity index (χ0v) is 13.5. The van der Waals surface area contributed by atoms with Crippen molar-refractivity contribution < 1.29 is 4.74 Å². The average molecular weight is 347 g/mol. The molecule has 1 aliphatic carbocycles. The highest BCUT2D eigenvalue weighted by Gasteiger charge is 2.30. The van der Waals surface area contributed by atoms with Crippen molar-refractivity contribution in [2.24, 2.45) is 0 Å². The summed E-state index contributed by atoms with van der Waals surface area (Å²) in [5, 5.41) is 3.60. The maximum absolute atomic E-state index is 6.14. The van der Waals surface area contributed by atoms with Crippen molar-refractivity contribution in [1.29, 1.82) is 0 Å². The van der Waals surface area contributed by atoms with Crippen LogP contribution >= 0.6 is 27.5 Å². The van der Waals surface area contributed by atoms with Crippen LogP contribution in [-0.4, -0.2) is 24.6 Å². The Bertz CT molecular complexity index is 376. The number of hydrogen-bond donors (Lipinski definition) is 1. The van der Waals surface area contributed by atoms with Gasteiger partial charge >= 0.3 is 0 Å². The second-order valence-corrected chi connectivity index (χ2v) is 6.39. The molecule has 19 heavy (non-hydrogen) atoms. The summed E-state index contributed by atoms with van der Waals surface area (Å²) in [5.41, 5.74) is 0.142. The monoisotopic (exact) mass is 345 g/mol. The third-order valence-corrected chi connectivity index (χ3v) is 4.79.